The van der Waals surface area contributed by atoms with Crippen LogP contribution in [0.1, 0.15) is 17.4 Å². The van der Waals surface area contributed by atoms with Crippen LogP contribution >= 0.6 is 0 Å². The summed E-state index contributed by atoms with van der Waals surface area (Å²) in [6.07, 6.45) is 1.35. The summed E-state index contributed by atoms with van der Waals surface area (Å²) in [5.41, 5.74) is 0.415. The Morgan fingerprint density at radius 3 is 2.94 bits per heavy atom. The van der Waals surface area contributed by atoms with Gasteiger partial charge in [-0.1, -0.05) is 0 Å². The molecule has 0 radical (unpaired) electrons. The molecule has 1 aromatic rings. The molecule has 90 valence electrons. The van der Waals surface area contributed by atoms with Crippen molar-refractivity contribution in [3.05, 3.63) is 18.0 Å². The summed E-state index contributed by atoms with van der Waals surface area (Å²) in [5, 5.41) is 18.7. The van der Waals surface area contributed by atoms with Gasteiger partial charge in [-0.15, -0.1) is 0 Å². The first-order valence-electron chi connectivity index (χ1n) is 5.26. The molecule has 1 aromatic heterocycles. The van der Waals surface area contributed by atoms with Crippen LogP contribution in [-0.4, -0.2) is 46.5 Å². The highest BCUT2D eigenvalue weighted by Gasteiger charge is 2.06. The number of nitrogens with zero attached hydrogens (tertiary/aromatic N) is 2. The van der Waals surface area contributed by atoms with E-state index < -0.39 is 0 Å². The normalized spacial score (nSPS) is 12.4. The molecule has 0 fully saturated rings. The van der Waals surface area contributed by atoms with Crippen LogP contribution in [0.5, 0.6) is 0 Å². The van der Waals surface area contributed by atoms with Crippen LogP contribution in [0.3, 0.4) is 0 Å². The highest BCUT2D eigenvalue weighted by molar-refractivity contribution is 5.92. The predicted octanol–water partition coefficient (Wildman–Crippen LogP) is -0.880. The molecule has 0 saturated heterocycles. The van der Waals surface area contributed by atoms with Gasteiger partial charge >= 0.3 is 0 Å². The van der Waals surface area contributed by atoms with E-state index in [0.717, 1.165) is 0 Å². The standard InChI is InChI=1S/C10H18N4O2/c1-8(15)7-11-4-5-12-10(16)9-3-6-14(2)13-9/h3,6,8,11,15H,4-5,7H2,1-2H3,(H,12,16). The van der Waals surface area contributed by atoms with Crippen molar-refractivity contribution in [3.63, 3.8) is 0 Å². The maximum atomic E-state index is 11.5. The largest absolute Gasteiger partial charge is 0.392 e. The van der Waals surface area contributed by atoms with Gasteiger partial charge in [-0.2, -0.15) is 5.10 Å². The van der Waals surface area contributed by atoms with Gasteiger partial charge in [0, 0.05) is 32.9 Å². The molecule has 1 unspecified atom stereocenters. The fourth-order valence-electron chi connectivity index (χ4n) is 1.20. The predicted molar refractivity (Wildman–Crippen MR) is 60.1 cm³/mol. The fourth-order valence-corrected chi connectivity index (χ4v) is 1.20. The van der Waals surface area contributed by atoms with E-state index in [4.69, 9.17) is 5.11 Å². The second-order valence-corrected chi connectivity index (χ2v) is 3.68. The number of aliphatic hydroxyl groups excluding tert-OH is 1. The highest BCUT2D eigenvalue weighted by Crippen LogP contribution is 1.92. The summed E-state index contributed by atoms with van der Waals surface area (Å²) >= 11 is 0. The molecule has 1 atom stereocenters. The van der Waals surface area contributed by atoms with Crippen LogP contribution in [0.2, 0.25) is 0 Å². The monoisotopic (exact) mass is 226 g/mol. The molecule has 0 aromatic carbocycles. The summed E-state index contributed by atoms with van der Waals surface area (Å²) < 4.78 is 1.58. The third-order valence-electron chi connectivity index (χ3n) is 1.97. The lowest BCUT2D eigenvalue weighted by atomic mass is 10.4. The lowest BCUT2D eigenvalue weighted by Gasteiger charge is -2.07. The molecule has 0 aliphatic rings. The third kappa shape index (κ3) is 4.41. The minimum atomic E-state index is -0.369. The SMILES string of the molecule is CC(O)CNCCNC(=O)c1ccn(C)n1. The van der Waals surface area contributed by atoms with Crippen molar-refractivity contribution in [1.29, 1.82) is 0 Å². The number of carbonyl (C=O) groups is 1. The highest BCUT2D eigenvalue weighted by atomic mass is 16.3. The number of amides is 1. The lowest BCUT2D eigenvalue weighted by molar-refractivity contribution is 0.0948. The van der Waals surface area contributed by atoms with E-state index in [-0.39, 0.29) is 12.0 Å². The smallest absolute Gasteiger partial charge is 0.271 e. The number of aliphatic hydroxyl groups is 1. The van der Waals surface area contributed by atoms with Crippen LogP contribution in [0.4, 0.5) is 0 Å². The van der Waals surface area contributed by atoms with Crippen LogP contribution < -0.4 is 10.6 Å². The minimum Gasteiger partial charge on any atom is -0.392 e. The van der Waals surface area contributed by atoms with E-state index in [9.17, 15) is 4.79 Å². The maximum absolute atomic E-state index is 11.5. The third-order valence-corrected chi connectivity index (χ3v) is 1.97. The fraction of sp³-hybridized carbons (Fsp3) is 0.600. The number of aromatic nitrogens is 2. The zero-order chi connectivity index (χ0) is 12.0. The molecule has 6 heteroatoms. The average Bonchev–Trinajstić information content (AvgIpc) is 2.63. The Morgan fingerprint density at radius 2 is 2.38 bits per heavy atom. The summed E-state index contributed by atoms with van der Waals surface area (Å²) in [4.78, 5) is 11.5. The minimum absolute atomic E-state index is 0.181. The molecular weight excluding hydrogens is 208 g/mol. The molecule has 16 heavy (non-hydrogen) atoms. The summed E-state index contributed by atoms with van der Waals surface area (Å²) in [6.45, 7) is 3.38. The molecule has 3 N–H and O–H groups in total. The van der Waals surface area contributed by atoms with Crippen molar-refractivity contribution in [1.82, 2.24) is 20.4 Å². The molecule has 0 saturated carbocycles. The molecule has 0 spiro atoms. The van der Waals surface area contributed by atoms with E-state index in [2.05, 4.69) is 15.7 Å². The van der Waals surface area contributed by atoms with Gasteiger partial charge in [0.25, 0.3) is 5.91 Å². The first kappa shape index (κ1) is 12.7. The van der Waals surface area contributed by atoms with Crippen molar-refractivity contribution in [2.24, 2.45) is 7.05 Å². The Morgan fingerprint density at radius 1 is 1.62 bits per heavy atom. The first-order chi connectivity index (χ1) is 7.59. The zero-order valence-electron chi connectivity index (χ0n) is 9.60. The van der Waals surface area contributed by atoms with Gasteiger partial charge in [0.15, 0.2) is 0 Å². The molecule has 1 rings (SSSR count). The first-order valence-corrected chi connectivity index (χ1v) is 5.26. The van der Waals surface area contributed by atoms with Gasteiger partial charge in [-0.25, -0.2) is 0 Å². The number of rotatable bonds is 6. The molecule has 0 bridgehead atoms. The van der Waals surface area contributed by atoms with Gasteiger partial charge in [-0.3, -0.25) is 9.48 Å². The average molecular weight is 226 g/mol. The molecule has 0 aliphatic heterocycles. The zero-order valence-corrected chi connectivity index (χ0v) is 9.60. The molecular formula is C10H18N4O2. The molecule has 1 amide bonds. The second kappa shape index (κ2) is 6.24. The summed E-state index contributed by atoms with van der Waals surface area (Å²) in [5.74, 6) is -0.181. The van der Waals surface area contributed by atoms with Crippen LogP contribution in [0.15, 0.2) is 12.3 Å². The second-order valence-electron chi connectivity index (χ2n) is 3.68. The van der Waals surface area contributed by atoms with Crippen molar-refractivity contribution in [2.75, 3.05) is 19.6 Å². The van der Waals surface area contributed by atoms with E-state index in [0.29, 0.717) is 25.3 Å². The Kier molecular flexibility index (Phi) is 4.94. The molecule has 1 heterocycles. The topological polar surface area (TPSA) is 79.2 Å². The van der Waals surface area contributed by atoms with Gasteiger partial charge in [0.2, 0.25) is 0 Å². The van der Waals surface area contributed by atoms with Gasteiger partial charge in [0.1, 0.15) is 5.69 Å². The van der Waals surface area contributed by atoms with Crippen molar-refractivity contribution in [2.45, 2.75) is 13.0 Å². The van der Waals surface area contributed by atoms with Gasteiger partial charge in [0.05, 0.1) is 6.10 Å². The van der Waals surface area contributed by atoms with Crippen LogP contribution in [0.25, 0.3) is 0 Å². The van der Waals surface area contributed by atoms with E-state index in [1.807, 2.05) is 0 Å². The number of hydrogen-bond donors (Lipinski definition) is 3. The molecule has 6 nitrogen and oxygen atoms in total. The van der Waals surface area contributed by atoms with Crippen molar-refractivity contribution < 1.29 is 9.90 Å². The van der Waals surface area contributed by atoms with Crippen LogP contribution in [-0.2, 0) is 7.05 Å². The Balaban J connectivity index is 2.16. The Hall–Kier alpha value is -1.40. The van der Waals surface area contributed by atoms with Gasteiger partial charge in [-0.05, 0) is 13.0 Å². The molecule has 0 aliphatic carbocycles. The van der Waals surface area contributed by atoms with E-state index >= 15 is 0 Å². The Labute approximate surface area is 94.6 Å². The number of nitrogens with one attached hydrogen (secondary N) is 2. The van der Waals surface area contributed by atoms with E-state index in [1.165, 1.54) is 0 Å². The van der Waals surface area contributed by atoms with Crippen LogP contribution in [0, 0.1) is 0 Å². The lowest BCUT2D eigenvalue weighted by Crippen LogP contribution is -2.34. The van der Waals surface area contributed by atoms with Gasteiger partial charge < -0.3 is 15.7 Å². The number of hydrogen-bond acceptors (Lipinski definition) is 4. The summed E-state index contributed by atoms with van der Waals surface area (Å²) in [6, 6.07) is 1.67. The summed E-state index contributed by atoms with van der Waals surface area (Å²) in [7, 11) is 1.76. The van der Waals surface area contributed by atoms with Crippen molar-refractivity contribution >= 4 is 5.91 Å². The Bertz CT molecular complexity index is 335. The number of carbonyl (C=O) groups excluding carboxylic acids is 1. The van der Waals surface area contributed by atoms with E-state index in [1.54, 1.807) is 30.9 Å². The maximum Gasteiger partial charge on any atom is 0.271 e. The van der Waals surface area contributed by atoms with Crippen molar-refractivity contribution in [3.8, 4) is 0 Å². The number of aryl methyl sites for hydroxylation is 1. The quantitative estimate of drug-likeness (QED) is 0.550.